The summed E-state index contributed by atoms with van der Waals surface area (Å²) in [5, 5.41) is 0.806. The van der Waals surface area contributed by atoms with Crippen LogP contribution in [0.1, 0.15) is 70.8 Å². The fraction of sp³-hybridized carbons (Fsp3) is 0.692. The Morgan fingerprint density at radius 3 is 2.47 bits per heavy atom. The summed E-state index contributed by atoms with van der Waals surface area (Å²) in [6, 6.07) is 8.28. The van der Waals surface area contributed by atoms with Gasteiger partial charge >= 0.3 is 5.97 Å². The van der Waals surface area contributed by atoms with Gasteiger partial charge in [-0.05, 0) is 37.8 Å². The lowest BCUT2D eigenvalue weighted by Gasteiger charge is -2.45. The van der Waals surface area contributed by atoms with Gasteiger partial charge in [0, 0.05) is 57.0 Å². The van der Waals surface area contributed by atoms with Crippen molar-refractivity contribution in [3.63, 3.8) is 0 Å². The molecule has 1 aromatic carbocycles. The number of piperidine rings is 1. The highest BCUT2D eigenvalue weighted by Crippen LogP contribution is 2.36. The Balaban J connectivity index is 1.64. The number of likely N-dealkylation sites (tertiary alicyclic amines) is 1. The van der Waals surface area contributed by atoms with Gasteiger partial charge in [0.15, 0.2) is 0 Å². The van der Waals surface area contributed by atoms with Gasteiger partial charge in [-0.3, -0.25) is 9.59 Å². The number of hydrogen-bond acceptors (Lipinski definition) is 4. The smallest absolute Gasteiger partial charge is 0.306 e. The van der Waals surface area contributed by atoms with Gasteiger partial charge < -0.3 is 14.5 Å². The predicted octanol–water partition coefficient (Wildman–Crippen LogP) is 5.10. The van der Waals surface area contributed by atoms with E-state index < -0.39 is 5.60 Å². The largest absolute Gasteiger partial charge is 0.458 e. The first kappa shape index (κ1) is 25.0. The minimum atomic E-state index is -0.714. The number of hydrogen-bond donors (Lipinski definition) is 0. The molecule has 1 aliphatic carbocycles. The zero-order chi connectivity index (χ0) is 23.1. The Hall–Kier alpha value is -1.59. The molecule has 178 valence electrons. The Labute approximate surface area is 198 Å². The van der Waals surface area contributed by atoms with Crippen molar-refractivity contribution in [1.29, 1.82) is 0 Å². The first-order valence-electron chi connectivity index (χ1n) is 12.3. The van der Waals surface area contributed by atoms with E-state index in [9.17, 15) is 9.59 Å². The summed E-state index contributed by atoms with van der Waals surface area (Å²) in [6.45, 7) is 6.31. The molecule has 1 aliphatic heterocycles. The van der Waals surface area contributed by atoms with Crippen LogP contribution in [0.15, 0.2) is 24.3 Å². The van der Waals surface area contributed by atoms with Crippen molar-refractivity contribution in [2.75, 3.05) is 26.7 Å². The molecule has 0 N–H and O–H groups in total. The number of ether oxygens (including phenoxy) is 1. The van der Waals surface area contributed by atoms with E-state index in [1.165, 1.54) is 19.3 Å². The highest BCUT2D eigenvalue weighted by atomic mass is 35.5. The van der Waals surface area contributed by atoms with Gasteiger partial charge in [-0.2, -0.15) is 0 Å². The average molecular weight is 463 g/mol. The summed E-state index contributed by atoms with van der Waals surface area (Å²) in [5.74, 6) is -0.435. The molecule has 2 aliphatic rings. The van der Waals surface area contributed by atoms with Crippen molar-refractivity contribution >= 4 is 23.5 Å². The predicted molar refractivity (Wildman–Crippen MR) is 129 cm³/mol. The van der Waals surface area contributed by atoms with Crippen LogP contribution in [0.2, 0.25) is 5.02 Å². The number of esters is 1. The molecule has 32 heavy (non-hydrogen) atoms. The zero-order valence-electron chi connectivity index (χ0n) is 19.9. The Kier molecular flexibility index (Phi) is 9.01. The maximum Gasteiger partial charge on any atom is 0.306 e. The SMILES string of the molecule is CCC(=O)OC1(C(C)C(=O)N(C)C2CCCCC2)CCN(CCc2ccccc2Cl)CC1. The first-order chi connectivity index (χ1) is 15.4. The van der Waals surface area contributed by atoms with E-state index in [2.05, 4.69) is 11.0 Å². The van der Waals surface area contributed by atoms with Crippen LogP contribution in [0, 0.1) is 5.92 Å². The number of carbonyl (C=O) groups is 2. The van der Waals surface area contributed by atoms with Crippen molar-refractivity contribution in [2.45, 2.75) is 83.3 Å². The highest BCUT2D eigenvalue weighted by Gasteiger charge is 2.47. The number of benzene rings is 1. The van der Waals surface area contributed by atoms with Crippen LogP contribution >= 0.6 is 11.6 Å². The number of halogens is 1. The summed E-state index contributed by atoms with van der Waals surface area (Å²) in [7, 11) is 1.93. The van der Waals surface area contributed by atoms with E-state index in [-0.39, 0.29) is 17.8 Å². The van der Waals surface area contributed by atoms with Crippen LogP contribution in [0.5, 0.6) is 0 Å². The van der Waals surface area contributed by atoms with Gasteiger partial charge in [0.2, 0.25) is 5.91 Å². The van der Waals surface area contributed by atoms with Crippen molar-refractivity contribution in [3.05, 3.63) is 34.9 Å². The third-order valence-corrected chi connectivity index (χ3v) is 7.96. The van der Waals surface area contributed by atoms with Gasteiger partial charge in [0.1, 0.15) is 5.60 Å². The van der Waals surface area contributed by atoms with Gasteiger partial charge in [0.05, 0.1) is 5.92 Å². The molecular weight excluding hydrogens is 424 g/mol. The molecule has 1 saturated heterocycles. The summed E-state index contributed by atoms with van der Waals surface area (Å²) in [5.41, 5.74) is 0.439. The molecule has 5 nitrogen and oxygen atoms in total. The van der Waals surface area contributed by atoms with Crippen LogP contribution in [0.4, 0.5) is 0 Å². The zero-order valence-corrected chi connectivity index (χ0v) is 20.7. The lowest BCUT2D eigenvalue weighted by molar-refractivity contribution is -0.177. The van der Waals surface area contributed by atoms with Gasteiger partial charge in [-0.15, -0.1) is 0 Å². The summed E-state index contributed by atoms with van der Waals surface area (Å²) in [4.78, 5) is 30.1. The molecule has 1 amide bonds. The molecule has 0 bridgehead atoms. The third kappa shape index (κ3) is 6.05. The van der Waals surface area contributed by atoms with Crippen LogP contribution in [0.25, 0.3) is 0 Å². The number of nitrogens with zero attached hydrogens (tertiary/aromatic N) is 2. The number of carbonyl (C=O) groups excluding carboxylic acids is 2. The molecule has 0 spiro atoms. The number of rotatable bonds is 8. The fourth-order valence-electron chi connectivity index (χ4n) is 5.24. The minimum Gasteiger partial charge on any atom is -0.458 e. The topological polar surface area (TPSA) is 49.9 Å². The molecule has 3 rings (SSSR count). The lowest BCUT2D eigenvalue weighted by Crippen LogP contribution is -2.56. The minimum absolute atomic E-state index is 0.116. The molecule has 1 heterocycles. The van der Waals surface area contributed by atoms with E-state index in [0.29, 0.717) is 25.3 Å². The van der Waals surface area contributed by atoms with Crippen LogP contribution in [0.3, 0.4) is 0 Å². The molecule has 1 saturated carbocycles. The van der Waals surface area contributed by atoms with Gasteiger partial charge in [0.25, 0.3) is 0 Å². The molecule has 0 radical (unpaired) electrons. The third-order valence-electron chi connectivity index (χ3n) is 7.59. The monoisotopic (exact) mass is 462 g/mol. The maximum atomic E-state index is 13.5. The summed E-state index contributed by atoms with van der Waals surface area (Å²) in [6.07, 6.45) is 8.38. The highest BCUT2D eigenvalue weighted by molar-refractivity contribution is 6.31. The second kappa shape index (κ2) is 11.5. The van der Waals surface area contributed by atoms with E-state index in [1.54, 1.807) is 0 Å². The quantitative estimate of drug-likeness (QED) is 0.504. The van der Waals surface area contributed by atoms with Crippen LogP contribution < -0.4 is 0 Å². The van der Waals surface area contributed by atoms with Gasteiger partial charge in [-0.1, -0.05) is 56.0 Å². The second-order valence-corrected chi connectivity index (χ2v) is 9.95. The fourth-order valence-corrected chi connectivity index (χ4v) is 5.47. The van der Waals surface area contributed by atoms with Gasteiger partial charge in [-0.25, -0.2) is 0 Å². The Morgan fingerprint density at radius 2 is 1.84 bits per heavy atom. The molecule has 1 atom stereocenters. The van der Waals surface area contributed by atoms with Crippen LogP contribution in [-0.2, 0) is 20.7 Å². The van der Waals surface area contributed by atoms with Crippen molar-refractivity contribution in [2.24, 2.45) is 5.92 Å². The van der Waals surface area contributed by atoms with E-state index in [4.69, 9.17) is 16.3 Å². The van der Waals surface area contributed by atoms with E-state index >= 15 is 0 Å². The van der Waals surface area contributed by atoms with Crippen molar-refractivity contribution in [1.82, 2.24) is 9.80 Å². The normalized spacial score (nSPS) is 20.5. The molecule has 1 aromatic rings. The maximum absolute atomic E-state index is 13.5. The average Bonchev–Trinajstić information content (AvgIpc) is 2.83. The molecular formula is C26H39ClN2O3. The van der Waals surface area contributed by atoms with E-state index in [1.807, 2.05) is 44.0 Å². The van der Waals surface area contributed by atoms with Crippen LogP contribution in [-0.4, -0.2) is 60.0 Å². The molecule has 2 fully saturated rings. The molecule has 0 aromatic heterocycles. The molecule has 6 heteroatoms. The molecule has 1 unspecified atom stereocenters. The second-order valence-electron chi connectivity index (χ2n) is 9.54. The Morgan fingerprint density at radius 1 is 1.19 bits per heavy atom. The first-order valence-corrected chi connectivity index (χ1v) is 12.7. The lowest BCUT2D eigenvalue weighted by atomic mass is 9.78. The van der Waals surface area contributed by atoms with Crippen molar-refractivity contribution < 1.29 is 14.3 Å². The number of amides is 1. The van der Waals surface area contributed by atoms with Crippen molar-refractivity contribution in [3.8, 4) is 0 Å². The standard InChI is InChI=1S/C26H39ClN2O3/c1-4-24(30)32-26(20(2)25(31)28(3)22-11-6-5-7-12-22)15-18-29(19-16-26)17-14-21-10-8-9-13-23(21)27/h8-10,13,20,22H,4-7,11-12,14-19H2,1-3H3. The Bertz CT molecular complexity index is 770. The summed E-state index contributed by atoms with van der Waals surface area (Å²) >= 11 is 6.31. The van der Waals surface area contributed by atoms with E-state index in [0.717, 1.165) is 49.5 Å². The summed E-state index contributed by atoms with van der Waals surface area (Å²) < 4.78 is 6.04.